The molecule has 0 N–H and O–H groups in total. The SMILES string of the molecule is Cc1cc(C(=O)C2CC2)ccc1B1OC(C)(C)C(C)(C)O1. The maximum absolute atomic E-state index is 12.1. The fourth-order valence-corrected chi connectivity index (χ4v) is 2.64. The molecule has 1 saturated heterocycles. The molecule has 3 nitrogen and oxygen atoms in total. The molecule has 0 spiro atoms. The van der Waals surface area contributed by atoms with Crippen molar-refractivity contribution in [3.8, 4) is 0 Å². The minimum absolute atomic E-state index is 0.257. The summed E-state index contributed by atoms with van der Waals surface area (Å²) in [4.78, 5) is 12.1. The summed E-state index contributed by atoms with van der Waals surface area (Å²) in [5.74, 6) is 0.533. The molecule has 1 heterocycles. The molecular weight excluding hydrogens is 263 g/mol. The molecule has 0 bridgehead atoms. The van der Waals surface area contributed by atoms with Crippen LogP contribution in [0, 0.1) is 12.8 Å². The second-order valence-electron chi connectivity index (χ2n) is 7.30. The fourth-order valence-electron chi connectivity index (χ4n) is 2.64. The molecule has 4 heteroatoms. The van der Waals surface area contributed by atoms with Crippen LogP contribution in [0.3, 0.4) is 0 Å². The summed E-state index contributed by atoms with van der Waals surface area (Å²) in [7, 11) is -0.361. The Morgan fingerprint density at radius 1 is 1.14 bits per heavy atom. The molecule has 0 radical (unpaired) electrons. The first kappa shape index (κ1) is 14.8. The topological polar surface area (TPSA) is 35.5 Å². The van der Waals surface area contributed by atoms with Gasteiger partial charge in [0.05, 0.1) is 11.2 Å². The van der Waals surface area contributed by atoms with Crippen LogP contribution in [0.15, 0.2) is 18.2 Å². The number of carbonyl (C=O) groups is 1. The van der Waals surface area contributed by atoms with E-state index in [9.17, 15) is 4.79 Å². The Labute approximate surface area is 127 Å². The molecule has 1 aromatic rings. The number of Topliss-reactive ketones (excluding diaryl/α,β-unsaturated/α-hetero) is 1. The first-order valence-corrected chi connectivity index (χ1v) is 7.72. The third-order valence-corrected chi connectivity index (χ3v) is 5.01. The lowest BCUT2D eigenvalue weighted by atomic mass is 9.75. The Hall–Kier alpha value is -1.13. The summed E-state index contributed by atoms with van der Waals surface area (Å²) < 4.78 is 12.2. The molecular formula is C17H23BO3. The molecule has 3 rings (SSSR count). The number of hydrogen-bond acceptors (Lipinski definition) is 3. The Balaban J connectivity index is 1.85. The van der Waals surface area contributed by atoms with E-state index in [0.29, 0.717) is 0 Å². The lowest BCUT2D eigenvalue weighted by Gasteiger charge is -2.32. The maximum atomic E-state index is 12.1. The van der Waals surface area contributed by atoms with Gasteiger partial charge in [0.2, 0.25) is 0 Å². The van der Waals surface area contributed by atoms with E-state index in [1.807, 2.05) is 52.8 Å². The monoisotopic (exact) mass is 286 g/mol. The third-order valence-electron chi connectivity index (χ3n) is 5.01. The first-order valence-electron chi connectivity index (χ1n) is 7.72. The van der Waals surface area contributed by atoms with Gasteiger partial charge in [-0.15, -0.1) is 0 Å². The second-order valence-corrected chi connectivity index (χ2v) is 7.30. The van der Waals surface area contributed by atoms with Crippen molar-refractivity contribution in [3.63, 3.8) is 0 Å². The van der Waals surface area contributed by atoms with E-state index < -0.39 is 0 Å². The summed E-state index contributed by atoms with van der Waals surface area (Å²) >= 11 is 0. The van der Waals surface area contributed by atoms with E-state index >= 15 is 0 Å². The van der Waals surface area contributed by atoms with Crippen molar-refractivity contribution < 1.29 is 14.1 Å². The lowest BCUT2D eigenvalue weighted by Crippen LogP contribution is -2.41. The van der Waals surface area contributed by atoms with Gasteiger partial charge < -0.3 is 9.31 Å². The van der Waals surface area contributed by atoms with Gasteiger partial charge in [0, 0.05) is 11.5 Å². The largest absolute Gasteiger partial charge is 0.495 e. The van der Waals surface area contributed by atoms with Gasteiger partial charge in [0.15, 0.2) is 5.78 Å². The molecule has 0 amide bonds. The molecule has 21 heavy (non-hydrogen) atoms. The van der Waals surface area contributed by atoms with Gasteiger partial charge in [-0.2, -0.15) is 0 Å². The van der Waals surface area contributed by atoms with E-state index in [1.54, 1.807) is 0 Å². The van der Waals surface area contributed by atoms with Crippen LogP contribution >= 0.6 is 0 Å². The molecule has 0 aromatic heterocycles. The Bertz CT molecular complexity index is 572. The first-order chi connectivity index (χ1) is 9.71. The van der Waals surface area contributed by atoms with E-state index in [4.69, 9.17) is 9.31 Å². The number of aryl methyl sites for hydroxylation is 1. The van der Waals surface area contributed by atoms with Gasteiger partial charge in [0.1, 0.15) is 0 Å². The summed E-state index contributed by atoms with van der Waals surface area (Å²) in [5, 5.41) is 0. The highest BCUT2D eigenvalue weighted by Crippen LogP contribution is 2.37. The molecule has 1 saturated carbocycles. The molecule has 1 aromatic carbocycles. The number of ketones is 1. The van der Waals surface area contributed by atoms with E-state index in [2.05, 4.69) is 0 Å². The number of rotatable bonds is 3. The molecule has 0 atom stereocenters. The van der Waals surface area contributed by atoms with Gasteiger partial charge in [-0.25, -0.2) is 0 Å². The van der Waals surface area contributed by atoms with Crippen LogP contribution in [0.1, 0.15) is 56.5 Å². The molecule has 2 aliphatic rings. The lowest BCUT2D eigenvalue weighted by molar-refractivity contribution is 0.00578. The highest BCUT2D eigenvalue weighted by molar-refractivity contribution is 6.62. The second kappa shape index (κ2) is 4.69. The zero-order chi connectivity index (χ0) is 15.4. The van der Waals surface area contributed by atoms with Crippen LogP contribution in [-0.4, -0.2) is 24.1 Å². The van der Waals surface area contributed by atoms with Crippen molar-refractivity contribution in [3.05, 3.63) is 29.3 Å². The highest BCUT2D eigenvalue weighted by Gasteiger charge is 2.52. The van der Waals surface area contributed by atoms with Crippen LogP contribution in [0.4, 0.5) is 0 Å². The zero-order valence-corrected chi connectivity index (χ0v) is 13.5. The van der Waals surface area contributed by atoms with Crippen LogP contribution in [0.5, 0.6) is 0 Å². The van der Waals surface area contributed by atoms with Crippen LogP contribution < -0.4 is 5.46 Å². The van der Waals surface area contributed by atoms with Crippen molar-refractivity contribution >= 4 is 18.4 Å². The zero-order valence-electron chi connectivity index (χ0n) is 13.5. The minimum atomic E-state index is -0.361. The normalized spacial score (nSPS) is 23.4. The minimum Gasteiger partial charge on any atom is -0.399 e. The van der Waals surface area contributed by atoms with Crippen LogP contribution in [0.25, 0.3) is 0 Å². The van der Waals surface area contributed by atoms with Gasteiger partial charge in [-0.3, -0.25) is 4.79 Å². The summed E-state index contributed by atoms with van der Waals surface area (Å²) in [6.07, 6.45) is 2.08. The number of hydrogen-bond donors (Lipinski definition) is 0. The molecule has 1 aliphatic carbocycles. The van der Waals surface area contributed by atoms with Crippen molar-refractivity contribution in [2.75, 3.05) is 0 Å². The maximum Gasteiger partial charge on any atom is 0.495 e. The van der Waals surface area contributed by atoms with Crippen molar-refractivity contribution in [1.82, 2.24) is 0 Å². The van der Waals surface area contributed by atoms with E-state index in [-0.39, 0.29) is 30.0 Å². The fraction of sp³-hybridized carbons (Fsp3) is 0.588. The summed E-state index contributed by atoms with van der Waals surface area (Å²) in [5.41, 5.74) is 2.20. The Kier molecular flexibility index (Phi) is 3.30. The van der Waals surface area contributed by atoms with Crippen molar-refractivity contribution in [2.24, 2.45) is 5.92 Å². The van der Waals surface area contributed by atoms with Crippen molar-refractivity contribution in [2.45, 2.75) is 58.7 Å². The van der Waals surface area contributed by atoms with E-state index in [0.717, 1.165) is 29.4 Å². The van der Waals surface area contributed by atoms with Crippen LogP contribution in [0.2, 0.25) is 0 Å². The molecule has 0 unspecified atom stereocenters. The highest BCUT2D eigenvalue weighted by atomic mass is 16.7. The average Bonchev–Trinajstić information content (AvgIpc) is 3.17. The summed E-state index contributed by atoms with van der Waals surface area (Å²) in [6.45, 7) is 10.2. The average molecular weight is 286 g/mol. The number of carbonyl (C=O) groups excluding carboxylic acids is 1. The summed E-state index contributed by atoms with van der Waals surface area (Å²) in [6, 6.07) is 5.86. The number of benzene rings is 1. The smallest absolute Gasteiger partial charge is 0.399 e. The van der Waals surface area contributed by atoms with Gasteiger partial charge in [-0.05, 0) is 59.0 Å². The molecule has 2 fully saturated rings. The molecule has 1 aliphatic heterocycles. The standard InChI is InChI=1S/C17H23BO3/c1-11-10-13(15(19)12-6-7-12)8-9-14(11)18-20-16(2,3)17(4,5)21-18/h8-10,12H,6-7H2,1-5H3. The predicted molar refractivity (Wildman–Crippen MR) is 83.9 cm³/mol. The van der Waals surface area contributed by atoms with Crippen molar-refractivity contribution in [1.29, 1.82) is 0 Å². The predicted octanol–water partition coefficient (Wildman–Crippen LogP) is 2.89. The Morgan fingerprint density at radius 3 is 2.19 bits per heavy atom. The van der Waals surface area contributed by atoms with Gasteiger partial charge in [0.25, 0.3) is 0 Å². The van der Waals surface area contributed by atoms with Crippen LogP contribution in [-0.2, 0) is 9.31 Å². The third kappa shape index (κ3) is 2.55. The quantitative estimate of drug-likeness (QED) is 0.633. The van der Waals surface area contributed by atoms with Gasteiger partial charge >= 0.3 is 7.12 Å². The van der Waals surface area contributed by atoms with E-state index in [1.165, 1.54) is 0 Å². The molecule has 112 valence electrons. The Morgan fingerprint density at radius 2 is 1.71 bits per heavy atom. The van der Waals surface area contributed by atoms with Gasteiger partial charge in [-0.1, -0.05) is 17.7 Å².